The molecular weight excluding hydrogens is 393 g/mol. The lowest BCUT2D eigenvalue weighted by atomic mass is 10.1. The zero-order valence-electron chi connectivity index (χ0n) is 13.4. The number of hydrogen-bond donors (Lipinski definition) is 1. The molecule has 1 aliphatic carbocycles. The number of halogens is 3. The third kappa shape index (κ3) is 5.47. The summed E-state index contributed by atoms with van der Waals surface area (Å²) in [7, 11) is 0. The van der Waals surface area contributed by atoms with Gasteiger partial charge in [-0.25, -0.2) is 4.39 Å². The van der Waals surface area contributed by atoms with E-state index in [0.717, 1.165) is 27.9 Å². The van der Waals surface area contributed by atoms with Crippen LogP contribution in [0.4, 0.5) is 4.39 Å². The van der Waals surface area contributed by atoms with Gasteiger partial charge in [0.15, 0.2) is 0 Å². The highest BCUT2D eigenvalue weighted by atomic mass is 79.9. The molecule has 2 aromatic rings. The number of nitrogens with one attached hydrogen (secondary N) is 1. The molecule has 130 valence electrons. The van der Waals surface area contributed by atoms with E-state index in [1.54, 1.807) is 12.1 Å². The van der Waals surface area contributed by atoms with Gasteiger partial charge in [0.2, 0.25) is 0 Å². The van der Waals surface area contributed by atoms with Crippen LogP contribution in [0.15, 0.2) is 46.9 Å². The van der Waals surface area contributed by atoms with Crippen molar-refractivity contribution in [1.82, 2.24) is 5.32 Å². The highest BCUT2D eigenvalue weighted by Gasteiger charge is 2.15. The zero-order chi connectivity index (χ0) is 16.1. The van der Waals surface area contributed by atoms with Gasteiger partial charge in [-0.2, -0.15) is 0 Å². The maximum Gasteiger partial charge on any atom is 0.124 e. The van der Waals surface area contributed by atoms with Crippen molar-refractivity contribution in [2.24, 2.45) is 0 Å². The van der Waals surface area contributed by atoms with Crippen molar-refractivity contribution in [3.63, 3.8) is 0 Å². The maximum absolute atomic E-state index is 13.0. The molecular formula is C19H22BrClFNO. The van der Waals surface area contributed by atoms with Crippen molar-refractivity contribution in [2.45, 2.75) is 44.9 Å². The molecule has 1 fully saturated rings. The number of rotatable bonds is 6. The van der Waals surface area contributed by atoms with E-state index in [1.165, 1.54) is 37.8 Å². The number of hydrogen-bond acceptors (Lipinski definition) is 2. The van der Waals surface area contributed by atoms with Crippen LogP contribution in [0.2, 0.25) is 0 Å². The molecule has 24 heavy (non-hydrogen) atoms. The average Bonchev–Trinajstić information content (AvgIpc) is 3.07. The molecule has 1 N–H and O–H groups in total. The second kappa shape index (κ2) is 9.40. The van der Waals surface area contributed by atoms with Crippen LogP contribution >= 0.6 is 28.3 Å². The van der Waals surface area contributed by atoms with Crippen LogP contribution in [0.5, 0.6) is 5.75 Å². The fraction of sp³-hybridized carbons (Fsp3) is 0.368. The minimum absolute atomic E-state index is 0. The third-order valence-electron chi connectivity index (χ3n) is 4.27. The molecule has 2 nitrogen and oxygen atoms in total. The van der Waals surface area contributed by atoms with E-state index >= 15 is 0 Å². The molecule has 0 spiro atoms. The van der Waals surface area contributed by atoms with Crippen LogP contribution in [0.25, 0.3) is 0 Å². The molecule has 0 heterocycles. The van der Waals surface area contributed by atoms with Crippen LogP contribution in [0, 0.1) is 5.82 Å². The minimum atomic E-state index is -0.223. The van der Waals surface area contributed by atoms with Gasteiger partial charge in [-0.05, 0) is 48.7 Å². The Hall–Kier alpha value is -1.10. The second-order valence-corrected chi connectivity index (χ2v) is 6.95. The SMILES string of the molecule is Cl.Fc1ccc(COc2ccc(Br)cc2CNC2CCCC2)cc1. The lowest BCUT2D eigenvalue weighted by Crippen LogP contribution is -2.25. The van der Waals surface area contributed by atoms with Gasteiger partial charge >= 0.3 is 0 Å². The zero-order valence-corrected chi connectivity index (χ0v) is 15.8. The minimum Gasteiger partial charge on any atom is -0.489 e. The molecule has 1 aliphatic rings. The number of benzene rings is 2. The molecule has 0 radical (unpaired) electrons. The molecule has 5 heteroatoms. The van der Waals surface area contributed by atoms with E-state index in [2.05, 4.69) is 27.3 Å². The molecule has 0 saturated heterocycles. The predicted octanol–water partition coefficient (Wildman–Crippen LogP) is 5.62. The number of ether oxygens (including phenoxy) is 1. The molecule has 0 unspecified atom stereocenters. The van der Waals surface area contributed by atoms with Gasteiger partial charge in [0.1, 0.15) is 18.2 Å². The topological polar surface area (TPSA) is 21.3 Å². The molecule has 0 aromatic heterocycles. The van der Waals surface area contributed by atoms with Crippen molar-refractivity contribution in [1.29, 1.82) is 0 Å². The Kier molecular flexibility index (Phi) is 7.53. The van der Waals surface area contributed by atoms with Crippen LogP contribution in [-0.4, -0.2) is 6.04 Å². The van der Waals surface area contributed by atoms with Crippen molar-refractivity contribution >= 4 is 28.3 Å². The second-order valence-electron chi connectivity index (χ2n) is 6.03. The predicted molar refractivity (Wildman–Crippen MR) is 101 cm³/mol. The van der Waals surface area contributed by atoms with E-state index in [9.17, 15) is 4.39 Å². The van der Waals surface area contributed by atoms with E-state index in [-0.39, 0.29) is 18.2 Å². The monoisotopic (exact) mass is 413 g/mol. The van der Waals surface area contributed by atoms with Crippen LogP contribution in [-0.2, 0) is 13.2 Å². The Balaban J connectivity index is 0.00000208. The molecule has 2 aromatic carbocycles. The van der Waals surface area contributed by atoms with Crippen molar-refractivity contribution in [3.8, 4) is 5.75 Å². The Morgan fingerprint density at radius 3 is 2.50 bits per heavy atom. The molecule has 0 atom stereocenters. The van der Waals surface area contributed by atoms with Crippen LogP contribution in [0.3, 0.4) is 0 Å². The first-order valence-electron chi connectivity index (χ1n) is 8.10. The summed E-state index contributed by atoms with van der Waals surface area (Å²) in [5, 5.41) is 3.62. The molecule has 0 aliphatic heterocycles. The van der Waals surface area contributed by atoms with E-state index in [0.29, 0.717) is 12.6 Å². The summed E-state index contributed by atoms with van der Waals surface area (Å²) in [6.07, 6.45) is 5.17. The third-order valence-corrected chi connectivity index (χ3v) is 4.76. The van der Waals surface area contributed by atoms with Crippen LogP contribution in [0.1, 0.15) is 36.8 Å². The molecule has 1 saturated carbocycles. The van der Waals surface area contributed by atoms with E-state index < -0.39 is 0 Å². The Morgan fingerprint density at radius 2 is 1.79 bits per heavy atom. The summed E-state index contributed by atoms with van der Waals surface area (Å²) in [4.78, 5) is 0. The lowest BCUT2D eigenvalue weighted by Gasteiger charge is -2.16. The average molecular weight is 415 g/mol. The summed E-state index contributed by atoms with van der Waals surface area (Å²) < 4.78 is 20.0. The van der Waals surface area contributed by atoms with Gasteiger partial charge in [-0.1, -0.05) is 40.9 Å². The Bertz CT molecular complexity index is 644. The van der Waals surface area contributed by atoms with Gasteiger partial charge in [0.25, 0.3) is 0 Å². The lowest BCUT2D eigenvalue weighted by molar-refractivity contribution is 0.301. The molecule has 3 rings (SSSR count). The summed E-state index contributed by atoms with van der Waals surface area (Å²) in [5.74, 6) is 0.655. The van der Waals surface area contributed by atoms with Gasteiger partial charge in [0.05, 0.1) is 0 Å². The standard InChI is InChI=1S/C19H21BrFNO.ClH/c20-16-7-10-19(23-13-14-5-8-17(21)9-6-14)15(11-16)12-22-18-3-1-2-4-18;/h5-11,18,22H,1-4,12-13H2;1H. The van der Waals surface area contributed by atoms with Gasteiger partial charge < -0.3 is 10.1 Å². The molecule has 0 bridgehead atoms. The van der Waals surface area contributed by atoms with Crippen LogP contribution < -0.4 is 10.1 Å². The fourth-order valence-electron chi connectivity index (χ4n) is 2.95. The fourth-order valence-corrected chi connectivity index (χ4v) is 3.36. The summed E-state index contributed by atoms with van der Waals surface area (Å²) >= 11 is 3.53. The van der Waals surface area contributed by atoms with E-state index in [1.807, 2.05) is 12.1 Å². The maximum atomic E-state index is 13.0. The highest BCUT2D eigenvalue weighted by Crippen LogP contribution is 2.25. The van der Waals surface area contributed by atoms with Crippen molar-refractivity contribution in [2.75, 3.05) is 0 Å². The molecule has 0 amide bonds. The summed E-state index contributed by atoms with van der Waals surface area (Å²) in [6.45, 7) is 1.25. The van der Waals surface area contributed by atoms with E-state index in [4.69, 9.17) is 4.74 Å². The normalized spacial score (nSPS) is 14.4. The van der Waals surface area contributed by atoms with Gasteiger partial charge in [-0.15, -0.1) is 12.4 Å². The van der Waals surface area contributed by atoms with Crippen molar-refractivity contribution < 1.29 is 9.13 Å². The first-order valence-corrected chi connectivity index (χ1v) is 8.89. The first-order chi connectivity index (χ1) is 11.2. The smallest absolute Gasteiger partial charge is 0.124 e. The summed E-state index contributed by atoms with van der Waals surface area (Å²) in [5.41, 5.74) is 2.11. The first kappa shape index (κ1) is 19.2. The largest absolute Gasteiger partial charge is 0.489 e. The van der Waals surface area contributed by atoms with Gasteiger partial charge in [0, 0.05) is 22.6 Å². The quantitative estimate of drug-likeness (QED) is 0.662. The summed E-state index contributed by atoms with van der Waals surface area (Å²) in [6, 6.07) is 13.1. The Morgan fingerprint density at radius 1 is 1.08 bits per heavy atom. The highest BCUT2D eigenvalue weighted by molar-refractivity contribution is 9.10. The van der Waals surface area contributed by atoms with Crippen molar-refractivity contribution in [3.05, 3.63) is 63.9 Å². The van der Waals surface area contributed by atoms with Gasteiger partial charge in [-0.3, -0.25) is 0 Å². The Labute approximate surface area is 157 Å².